The molecule has 4 aliphatic rings. The first-order valence-corrected chi connectivity index (χ1v) is 13.0. The average Bonchev–Trinajstić information content (AvgIpc) is 3.39. The maximum Gasteiger partial charge on any atom is 0.282 e. The molecule has 10 heteroatoms. The summed E-state index contributed by atoms with van der Waals surface area (Å²) in [5, 5.41) is 7.01. The second-order valence-electron chi connectivity index (χ2n) is 9.69. The van der Waals surface area contributed by atoms with Gasteiger partial charge in [0.05, 0.1) is 0 Å². The number of amides is 1. The highest BCUT2D eigenvalue weighted by atomic mass is 32.2. The summed E-state index contributed by atoms with van der Waals surface area (Å²) in [5.74, 6) is 0.991. The number of nitrogens with zero attached hydrogens (tertiary/aromatic N) is 4. The first-order valence-electron chi connectivity index (χ1n) is 11.6. The van der Waals surface area contributed by atoms with E-state index >= 15 is 0 Å². The summed E-state index contributed by atoms with van der Waals surface area (Å²) >= 11 is 0. The zero-order valence-electron chi connectivity index (χ0n) is 18.4. The molecule has 3 aliphatic heterocycles. The summed E-state index contributed by atoms with van der Waals surface area (Å²) in [4.78, 5) is 14.9. The molecular formula is C21H33N5O4S. The van der Waals surface area contributed by atoms with Crippen molar-refractivity contribution in [2.75, 3.05) is 26.7 Å². The van der Waals surface area contributed by atoms with Crippen LogP contribution in [0.3, 0.4) is 0 Å². The predicted molar refractivity (Wildman–Crippen MR) is 115 cm³/mol. The molecule has 4 atom stereocenters. The molecule has 0 aromatic carbocycles. The van der Waals surface area contributed by atoms with Gasteiger partial charge in [0.2, 0.25) is 0 Å². The number of nitrogens with one attached hydrogen (secondary N) is 1. The van der Waals surface area contributed by atoms with Gasteiger partial charge in [0.15, 0.2) is 5.69 Å². The summed E-state index contributed by atoms with van der Waals surface area (Å²) in [5.41, 5.74) is 0.326. The molecule has 0 radical (unpaired) electrons. The predicted octanol–water partition coefficient (Wildman–Crippen LogP) is 1.55. The van der Waals surface area contributed by atoms with E-state index in [4.69, 9.17) is 4.52 Å². The van der Waals surface area contributed by atoms with Crippen LogP contribution in [0, 0.1) is 0 Å². The number of likely N-dealkylation sites (N-methyl/N-ethyl adjacent to an activating group) is 1. The molecule has 4 heterocycles. The molecule has 1 unspecified atom stereocenters. The molecule has 0 spiro atoms. The standard InChI is InChI=1S/C21H33N5O4S/c1-3-16-13-24(2)8-9-25(16)31(28,29)26-17-6-7-18(26)11-15(10-17)22-21(27)19-12-20(30-23-19)14-4-5-14/h12,14-18H,3-11,13H2,1-2H3,(H,22,27)/t15-,16?,17+,18-. The molecule has 5 rings (SSSR count). The van der Waals surface area contributed by atoms with Crippen LogP contribution in [0.15, 0.2) is 10.6 Å². The highest BCUT2D eigenvalue weighted by Gasteiger charge is 2.50. The molecule has 1 saturated carbocycles. The van der Waals surface area contributed by atoms with Crippen LogP contribution >= 0.6 is 0 Å². The van der Waals surface area contributed by atoms with Crippen LogP contribution in [0.4, 0.5) is 0 Å². The summed E-state index contributed by atoms with van der Waals surface area (Å²) in [6.45, 7) is 4.14. The Hall–Kier alpha value is -1.49. The largest absolute Gasteiger partial charge is 0.360 e. The van der Waals surface area contributed by atoms with E-state index in [-0.39, 0.29) is 30.1 Å². The van der Waals surface area contributed by atoms with Gasteiger partial charge in [-0.25, -0.2) is 0 Å². The molecule has 1 aliphatic carbocycles. The normalized spacial score (nSPS) is 33.0. The minimum atomic E-state index is -3.51. The Balaban J connectivity index is 1.25. The Bertz CT molecular complexity index is 916. The Morgan fingerprint density at radius 2 is 1.90 bits per heavy atom. The van der Waals surface area contributed by atoms with E-state index < -0.39 is 10.2 Å². The Morgan fingerprint density at radius 1 is 1.19 bits per heavy atom. The van der Waals surface area contributed by atoms with Gasteiger partial charge in [-0.3, -0.25) is 4.79 Å². The van der Waals surface area contributed by atoms with Gasteiger partial charge < -0.3 is 14.7 Å². The van der Waals surface area contributed by atoms with Crippen molar-refractivity contribution in [3.05, 3.63) is 17.5 Å². The third-order valence-corrected chi connectivity index (χ3v) is 9.61. The maximum absolute atomic E-state index is 13.6. The van der Waals surface area contributed by atoms with E-state index in [1.165, 1.54) is 0 Å². The van der Waals surface area contributed by atoms with Crippen LogP contribution < -0.4 is 5.32 Å². The van der Waals surface area contributed by atoms with E-state index in [0.717, 1.165) is 51.0 Å². The van der Waals surface area contributed by atoms with Crippen LogP contribution in [0.25, 0.3) is 0 Å². The summed E-state index contributed by atoms with van der Waals surface area (Å²) in [7, 11) is -1.46. The van der Waals surface area contributed by atoms with Crippen LogP contribution in [0.5, 0.6) is 0 Å². The van der Waals surface area contributed by atoms with E-state index in [2.05, 4.69) is 22.3 Å². The molecule has 9 nitrogen and oxygen atoms in total. The fourth-order valence-corrected chi connectivity index (χ4v) is 7.88. The van der Waals surface area contributed by atoms with Gasteiger partial charge in [-0.15, -0.1) is 0 Å². The Morgan fingerprint density at radius 3 is 2.55 bits per heavy atom. The number of hydrogen-bond donors (Lipinski definition) is 1. The lowest BCUT2D eigenvalue weighted by Gasteiger charge is -2.45. The SMILES string of the molecule is CCC1CN(C)CCN1S(=O)(=O)N1[C@@H]2CC[C@H]1C[C@@H](NC(=O)c1cc(C3CC3)on1)C2. The number of rotatable bonds is 6. The lowest BCUT2D eigenvalue weighted by Crippen LogP contribution is -2.61. The van der Waals surface area contributed by atoms with E-state index in [1.54, 1.807) is 14.7 Å². The quantitative estimate of drug-likeness (QED) is 0.705. The minimum Gasteiger partial charge on any atom is -0.360 e. The van der Waals surface area contributed by atoms with Crippen LogP contribution in [0.1, 0.15) is 74.0 Å². The number of carbonyl (C=O) groups is 1. The third-order valence-electron chi connectivity index (χ3n) is 7.41. The number of carbonyl (C=O) groups excluding carboxylic acids is 1. The van der Waals surface area contributed by atoms with Crippen molar-refractivity contribution in [1.29, 1.82) is 0 Å². The fourth-order valence-electron chi connectivity index (χ4n) is 5.60. The summed E-state index contributed by atoms with van der Waals surface area (Å²) in [6.07, 6.45) is 6.02. The molecule has 3 saturated heterocycles. The number of hydrogen-bond acceptors (Lipinski definition) is 6. The molecule has 31 heavy (non-hydrogen) atoms. The number of piperidine rings is 1. The summed E-state index contributed by atoms with van der Waals surface area (Å²) < 4.78 is 36.0. The third kappa shape index (κ3) is 4.03. The fraction of sp³-hybridized carbons (Fsp3) is 0.810. The number of fused-ring (bicyclic) bond motifs is 2. The van der Waals surface area contributed by atoms with Crippen molar-refractivity contribution in [3.8, 4) is 0 Å². The van der Waals surface area contributed by atoms with Crippen molar-refractivity contribution >= 4 is 16.1 Å². The maximum atomic E-state index is 13.6. The minimum absolute atomic E-state index is 0.0217. The van der Waals surface area contributed by atoms with E-state index in [1.807, 2.05) is 7.05 Å². The molecule has 1 aromatic rings. The Kier molecular flexibility index (Phi) is 5.60. The molecule has 4 fully saturated rings. The topological polar surface area (TPSA) is 99.0 Å². The smallest absolute Gasteiger partial charge is 0.282 e. The van der Waals surface area contributed by atoms with Crippen molar-refractivity contribution in [3.63, 3.8) is 0 Å². The van der Waals surface area contributed by atoms with E-state index in [9.17, 15) is 13.2 Å². The average molecular weight is 452 g/mol. The van der Waals surface area contributed by atoms with Gasteiger partial charge in [0.25, 0.3) is 16.1 Å². The monoisotopic (exact) mass is 451 g/mol. The second-order valence-corrected chi connectivity index (χ2v) is 11.5. The first kappa shape index (κ1) is 21.4. The first-order chi connectivity index (χ1) is 14.9. The van der Waals surface area contributed by atoms with Gasteiger partial charge in [0.1, 0.15) is 5.76 Å². The molecule has 1 aromatic heterocycles. The van der Waals surface area contributed by atoms with Gasteiger partial charge in [-0.1, -0.05) is 12.1 Å². The van der Waals surface area contributed by atoms with E-state index in [0.29, 0.717) is 31.0 Å². The number of piperazine rings is 1. The molecule has 2 bridgehead atoms. The lowest BCUT2D eigenvalue weighted by atomic mass is 9.99. The van der Waals surface area contributed by atoms with Crippen LogP contribution in [-0.4, -0.2) is 83.8 Å². The highest BCUT2D eigenvalue weighted by molar-refractivity contribution is 7.86. The highest BCUT2D eigenvalue weighted by Crippen LogP contribution is 2.41. The van der Waals surface area contributed by atoms with Gasteiger partial charge in [0, 0.05) is 55.8 Å². The summed E-state index contributed by atoms with van der Waals surface area (Å²) in [6, 6.07) is 1.64. The zero-order chi connectivity index (χ0) is 21.8. The van der Waals surface area contributed by atoms with Gasteiger partial charge >= 0.3 is 0 Å². The molecule has 172 valence electrons. The lowest BCUT2D eigenvalue weighted by molar-refractivity contribution is 0.0893. The van der Waals surface area contributed by atoms with Crippen molar-refractivity contribution < 1.29 is 17.7 Å². The van der Waals surface area contributed by atoms with Gasteiger partial charge in [-0.05, 0) is 52.0 Å². The van der Waals surface area contributed by atoms with Crippen molar-refractivity contribution in [1.82, 2.24) is 24.0 Å². The van der Waals surface area contributed by atoms with Crippen molar-refractivity contribution in [2.24, 2.45) is 0 Å². The van der Waals surface area contributed by atoms with Crippen LogP contribution in [-0.2, 0) is 10.2 Å². The van der Waals surface area contributed by atoms with Crippen LogP contribution in [0.2, 0.25) is 0 Å². The molecule has 1 N–H and O–H groups in total. The molecule has 1 amide bonds. The number of aromatic nitrogens is 1. The zero-order valence-corrected chi connectivity index (χ0v) is 19.2. The van der Waals surface area contributed by atoms with Crippen molar-refractivity contribution in [2.45, 2.75) is 82.0 Å². The Labute approximate surface area is 184 Å². The molecular weight excluding hydrogens is 418 g/mol. The van der Waals surface area contributed by atoms with Gasteiger partial charge in [-0.2, -0.15) is 17.0 Å². The second kappa shape index (κ2) is 8.13.